The number of amides is 1. The number of phenols is 1. The van der Waals surface area contributed by atoms with Crippen LogP contribution < -0.4 is 4.90 Å². The Morgan fingerprint density at radius 2 is 2.05 bits per heavy atom. The smallest absolute Gasteiger partial charge is 0.240 e. The molecule has 2 aromatic rings. The summed E-state index contributed by atoms with van der Waals surface area (Å²) < 4.78 is 5.30. The van der Waals surface area contributed by atoms with Crippen molar-refractivity contribution in [3.8, 4) is 5.75 Å². The van der Waals surface area contributed by atoms with Gasteiger partial charge in [-0.2, -0.15) is 0 Å². The fourth-order valence-corrected chi connectivity index (χ4v) is 2.73. The van der Waals surface area contributed by atoms with E-state index in [1.165, 1.54) is 0 Å². The van der Waals surface area contributed by atoms with Gasteiger partial charge in [0, 0.05) is 25.5 Å². The number of benzene rings is 2. The Balaban J connectivity index is 1.83. The third-order valence-electron chi connectivity index (χ3n) is 4.04. The lowest BCUT2D eigenvalue weighted by atomic mass is 10.1. The van der Waals surface area contributed by atoms with Crippen LogP contribution in [0.5, 0.6) is 5.75 Å². The van der Waals surface area contributed by atoms with E-state index in [0.29, 0.717) is 19.8 Å². The van der Waals surface area contributed by atoms with Gasteiger partial charge in [-0.1, -0.05) is 18.2 Å². The Morgan fingerprint density at radius 3 is 2.82 bits per heavy atom. The molecule has 1 amide bonds. The van der Waals surface area contributed by atoms with Gasteiger partial charge in [-0.15, -0.1) is 0 Å². The first-order valence-corrected chi connectivity index (χ1v) is 7.43. The van der Waals surface area contributed by atoms with Crippen LogP contribution in [0.2, 0.25) is 0 Å². The minimum absolute atomic E-state index is 0.0396. The van der Waals surface area contributed by atoms with Crippen LogP contribution in [0, 0.1) is 0 Å². The number of nitrogens with zero attached hydrogens (tertiary/aromatic N) is 2. The number of rotatable bonds is 3. The summed E-state index contributed by atoms with van der Waals surface area (Å²) in [4.78, 5) is 16.3. The SMILES string of the molecule is CN(C(=O)CN1CCOCC1)c1cccc2ccc(O)cc12. The summed E-state index contributed by atoms with van der Waals surface area (Å²) in [5.41, 5.74) is 0.812. The van der Waals surface area contributed by atoms with E-state index in [0.717, 1.165) is 29.5 Å². The Morgan fingerprint density at radius 1 is 1.27 bits per heavy atom. The van der Waals surface area contributed by atoms with E-state index in [9.17, 15) is 9.90 Å². The highest BCUT2D eigenvalue weighted by Gasteiger charge is 2.19. The minimum atomic E-state index is 0.0396. The second-order valence-corrected chi connectivity index (χ2v) is 5.52. The summed E-state index contributed by atoms with van der Waals surface area (Å²) >= 11 is 0. The van der Waals surface area contributed by atoms with Crippen molar-refractivity contribution >= 4 is 22.4 Å². The zero-order valence-corrected chi connectivity index (χ0v) is 12.7. The predicted octanol–water partition coefficient (Wildman–Crippen LogP) is 1.84. The maximum absolute atomic E-state index is 12.5. The van der Waals surface area contributed by atoms with Crippen LogP contribution in [0.25, 0.3) is 10.8 Å². The molecule has 0 atom stereocenters. The van der Waals surface area contributed by atoms with E-state index < -0.39 is 0 Å². The topological polar surface area (TPSA) is 53.0 Å². The summed E-state index contributed by atoms with van der Waals surface area (Å²) in [5.74, 6) is 0.242. The first-order valence-electron chi connectivity index (χ1n) is 7.43. The van der Waals surface area contributed by atoms with Crippen LogP contribution in [-0.4, -0.2) is 55.8 Å². The molecule has 0 saturated carbocycles. The van der Waals surface area contributed by atoms with Crippen LogP contribution in [0.4, 0.5) is 5.69 Å². The quantitative estimate of drug-likeness (QED) is 0.940. The number of aromatic hydroxyl groups is 1. The number of likely N-dealkylation sites (N-methyl/N-ethyl adjacent to an activating group) is 1. The van der Waals surface area contributed by atoms with Crippen molar-refractivity contribution in [2.24, 2.45) is 0 Å². The molecule has 22 heavy (non-hydrogen) atoms. The summed E-state index contributed by atoms with van der Waals surface area (Å²) in [6, 6.07) is 11.0. The molecule has 0 spiro atoms. The van der Waals surface area contributed by atoms with Gasteiger partial charge in [-0.05, 0) is 23.6 Å². The summed E-state index contributed by atoms with van der Waals surface area (Å²) in [7, 11) is 1.78. The summed E-state index contributed by atoms with van der Waals surface area (Å²) in [6.45, 7) is 3.32. The van der Waals surface area contributed by atoms with Gasteiger partial charge in [0.05, 0.1) is 25.4 Å². The normalized spacial score (nSPS) is 15.9. The average Bonchev–Trinajstić information content (AvgIpc) is 2.54. The highest BCUT2D eigenvalue weighted by Crippen LogP contribution is 2.29. The Kier molecular flexibility index (Phi) is 4.27. The summed E-state index contributed by atoms with van der Waals surface area (Å²) in [6.07, 6.45) is 0. The molecule has 0 aromatic heterocycles. The lowest BCUT2D eigenvalue weighted by molar-refractivity contribution is -0.120. The van der Waals surface area contributed by atoms with Crippen molar-refractivity contribution in [1.82, 2.24) is 4.90 Å². The fourth-order valence-electron chi connectivity index (χ4n) is 2.73. The molecule has 0 bridgehead atoms. The molecule has 3 rings (SSSR count). The molecular weight excluding hydrogens is 280 g/mol. The van der Waals surface area contributed by atoms with Crippen LogP contribution in [0.3, 0.4) is 0 Å². The summed E-state index contributed by atoms with van der Waals surface area (Å²) in [5, 5.41) is 11.6. The van der Waals surface area contributed by atoms with Gasteiger partial charge < -0.3 is 14.7 Å². The van der Waals surface area contributed by atoms with E-state index >= 15 is 0 Å². The number of morpholine rings is 1. The van der Waals surface area contributed by atoms with Crippen LogP contribution in [-0.2, 0) is 9.53 Å². The number of fused-ring (bicyclic) bond motifs is 1. The van der Waals surface area contributed by atoms with E-state index in [-0.39, 0.29) is 11.7 Å². The first-order chi connectivity index (χ1) is 10.6. The zero-order chi connectivity index (χ0) is 15.5. The van der Waals surface area contributed by atoms with Gasteiger partial charge in [0.2, 0.25) is 5.91 Å². The molecular formula is C17H20N2O3. The molecule has 1 aliphatic rings. The molecule has 1 heterocycles. The lowest BCUT2D eigenvalue weighted by Crippen LogP contribution is -2.43. The highest BCUT2D eigenvalue weighted by molar-refractivity contribution is 6.04. The van der Waals surface area contributed by atoms with Crippen molar-refractivity contribution in [1.29, 1.82) is 0 Å². The Bertz CT molecular complexity index is 681. The van der Waals surface area contributed by atoms with Crippen LogP contribution >= 0.6 is 0 Å². The van der Waals surface area contributed by atoms with Gasteiger partial charge in [-0.3, -0.25) is 9.69 Å². The second kappa shape index (κ2) is 6.34. The molecule has 0 unspecified atom stereocenters. The minimum Gasteiger partial charge on any atom is -0.508 e. The van der Waals surface area contributed by atoms with E-state index in [1.807, 2.05) is 24.3 Å². The third-order valence-corrected chi connectivity index (χ3v) is 4.04. The van der Waals surface area contributed by atoms with E-state index in [1.54, 1.807) is 24.1 Å². The molecule has 1 N–H and O–H groups in total. The molecule has 1 saturated heterocycles. The average molecular weight is 300 g/mol. The van der Waals surface area contributed by atoms with Crippen molar-refractivity contribution in [2.45, 2.75) is 0 Å². The van der Waals surface area contributed by atoms with Crippen molar-refractivity contribution in [3.05, 3.63) is 36.4 Å². The number of ether oxygens (including phenoxy) is 1. The van der Waals surface area contributed by atoms with Gasteiger partial charge >= 0.3 is 0 Å². The van der Waals surface area contributed by atoms with Crippen molar-refractivity contribution < 1.29 is 14.6 Å². The number of hydrogen-bond donors (Lipinski definition) is 1. The number of hydrogen-bond acceptors (Lipinski definition) is 4. The molecule has 0 aliphatic carbocycles. The van der Waals surface area contributed by atoms with Gasteiger partial charge in [0.1, 0.15) is 5.75 Å². The second-order valence-electron chi connectivity index (χ2n) is 5.52. The molecule has 0 radical (unpaired) electrons. The first kappa shape index (κ1) is 14.8. The fraction of sp³-hybridized carbons (Fsp3) is 0.353. The Hall–Kier alpha value is -2.11. The monoisotopic (exact) mass is 300 g/mol. The van der Waals surface area contributed by atoms with Gasteiger partial charge in [0.25, 0.3) is 0 Å². The van der Waals surface area contributed by atoms with Crippen LogP contribution in [0.15, 0.2) is 36.4 Å². The van der Waals surface area contributed by atoms with Crippen LogP contribution in [0.1, 0.15) is 0 Å². The largest absolute Gasteiger partial charge is 0.508 e. The number of carbonyl (C=O) groups excluding carboxylic acids is 1. The molecule has 5 heteroatoms. The molecule has 5 nitrogen and oxygen atoms in total. The van der Waals surface area contributed by atoms with E-state index in [2.05, 4.69) is 4.90 Å². The predicted molar refractivity (Wildman–Crippen MR) is 86.3 cm³/mol. The number of anilines is 1. The Labute approximate surface area is 129 Å². The lowest BCUT2D eigenvalue weighted by Gasteiger charge is -2.28. The third kappa shape index (κ3) is 3.05. The van der Waals surface area contributed by atoms with E-state index in [4.69, 9.17) is 4.74 Å². The van der Waals surface area contributed by atoms with Crippen molar-refractivity contribution in [2.75, 3.05) is 44.8 Å². The zero-order valence-electron chi connectivity index (χ0n) is 12.7. The maximum Gasteiger partial charge on any atom is 0.240 e. The van der Waals surface area contributed by atoms with Gasteiger partial charge in [-0.25, -0.2) is 0 Å². The molecule has 2 aromatic carbocycles. The standard InChI is InChI=1S/C17H20N2O3/c1-18(17(21)12-19-7-9-22-10-8-19)16-4-2-3-13-5-6-14(20)11-15(13)16/h2-6,11,20H,7-10,12H2,1H3. The molecule has 1 aliphatic heterocycles. The number of carbonyl (C=O) groups is 1. The molecule has 1 fully saturated rings. The number of phenolic OH excluding ortho intramolecular Hbond substituents is 1. The molecule has 116 valence electrons. The highest BCUT2D eigenvalue weighted by atomic mass is 16.5. The van der Waals surface area contributed by atoms with Crippen molar-refractivity contribution in [3.63, 3.8) is 0 Å². The van der Waals surface area contributed by atoms with Gasteiger partial charge in [0.15, 0.2) is 0 Å². The maximum atomic E-state index is 12.5.